The average molecular weight is 448 g/mol. The van der Waals surface area contributed by atoms with Crippen LogP contribution in [0.2, 0.25) is 5.02 Å². The Kier molecular flexibility index (Phi) is 6.33. The number of halogens is 1. The molecule has 0 aliphatic carbocycles. The minimum atomic E-state index is -0.105. The molecule has 32 heavy (non-hydrogen) atoms. The minimum Gasteiger partial charge on any atom is -0.492 e. The second-order valence-corrected chi connectivity index (χ2v) is 8.15. The molecule has 4 rings (SSSR count). The summed E-state index contributed by atoms with van der Waals surface area (Å²) in [5.41, 5.74) is 3.46. The molecule has 1 amide bonds. The molecule has 1 aliphatic rings. The molecule has 162 valence electrons. The quantitative estimate of drug-likeness (QED) is 0.584. The van der Waals surface area contributed by atoms with Crippen molar-refractivity contribution in [2.45, 2.75) is 25.7 Å². The molecule has 1 aromatic carbocycles. The molecule has 8 heteroatoms. The van der Waals surface area contributed by atoms with Gasteiger partial charge in [0.15, 0.2) is 0 Å². The van der Waals surface area contributed by atoms with E-state index in [1.165, 1.54) is 12.4 Å². The van der Waals surface area contributed by atoms with E-state index in [0.29, 0.717) is 47.3 Å². The Labute approximate surface area is 191 Å². The molecule has 2 unspecified atom stereocenters. The van der Waals surface area contributed by atoms with Crippen molar-refractivity contribution in [3.63, 3.8) is 0 Å². The second-order valence-electron chi connectivity index (χ2n) is 7.71. The molecule has 3 aromatic rings. The van der Waals surface area contributed by atoms with E-state index in [1.807, 2.05) is 36.1 Å². The van der Waals surface area contributed by atoms with Gasteiger partial charge in [-0.15, -0.1) is 0 Å². The first-order valence-corrected chi connectivity index (χ1v) is 10.7. The highest BCUT2D eigenvalue weighted by Crippen LogP contribution is 2.44. The SMILES string of the molecule is CCOc1c(C#N)cncc1C1CN(C(=O)c2cnnc(C)c2)CC1c1ccc(Cl)cc1. The lowest BCUT2D eigenvalue weighted by Crippen LogP contribution is -2.29. The van der Waals surface area contributed by atoms with Gasteiger partial charge in [0.05, 0.1) is 24.1 Å². The van der Waals surface area contributed by atoms with Crippen molar-refractivity contribution in [1.82, 2.24) is 20.1 Å². The summed E-state index contributed by atoms with van der Waals surface area (Å²) in [6.07, 6.45) is 4.74. The number of pyridine rings is 1. The van der Waals surface area contributed by atoms with Gasteiger partial charge < -0.3 is 9.64 Å². The zero-order chi connectivity index (χ0) is 22.7. The van der Waals surface area contributed by atoms with Gasteiger partial charge in [-0.1, -0.05) is 23.7 Å². The number of hydrogen-bond donors (Lipinski definition) is 0. The lowest BCUT2D eigenvalue weighted by molar-refractivity contribution is 0.0788. The van der Waals surface area contributed by atoms with Crippen molar-refractivity contribution in [2.75, 3.05) is 19.7 Å². The second kappa shape index (κ2) is 9.33. The number of likely N-dealkylation sites (tertiary alicyclic amines) is 1. The van der Waals surface area contributed by atoms with Gasteiger partial charge in [0.2, 0.25) is 0 Å². The summed E-state index contributed by atoms with van der Waals surface area (Å²) in [7, 11) is 0. The van der Waals surface area contributed by atoms with Gasteiger partial charge in [0, 0.05) is 47.9 Å². The Balaban J connectivity index is 1.76. The van der Waals surface area contributed by atoms with Crippen LogP contribution in [0.3, 0.4) is 0 Å². The van der Waals surface area contributed by atoms with Crippen molar-refractivity contribution in [2.24, 2.45) is 0 Å². The highest BCUT2D eigenvalue weighted by molar-refractivity contribution is 6.30. The Morgan fingerprint density at radius 2 is 1.97 bits per heavy atom. The predicted octanol–water partition coefficient (Wildman–Crippen LogP) is 4.13. The first-order chi connectivity index (χ1) is 15.5. The summed E-state index contributed by atoms with van der Waals surface area (Å²) in [5, 5.41) is 18.1. The number of aryl methyl sites for hydroxylation is 1. The molecule has 0 N–H and O–H groups in total. The Morgan fingerprint density at radius 1 is 1.22 bits per heavy atom. The number of carbonyl (C=O) groups excluding carboxylic acids is 1. The maximum Gasteiger partial charge on any atom is 0.255 e. The molecular formula is C24H22ClN5O2. The van der Waals surface area contributed by atoms with Crippen LogP contribution in [-0.2, 0) is 0 Å². The van der Waals surface area contributed by atoms with E-state index in [1.54, 1.807) is 19.2 Å². The molecule has 2 atom stereocenters. The normalized spacial score (nSPS) is 17.8. The summed E-state index contributed by atoms with van der Waals surface area (Å²) in [5.74, 6) is 0.317. The van der Waals surface area contributed by atoms with Crippen molar-refractivity contribution in [3.05, 3.63) is 81.9 Å². The average Bonchev–Trinajstić information content (AvgIpc) is 3.24. The van der Waals surface area contributed by atoms with Crippen LogP contribution in [0.1, 0.15) is 51.5 Å². The molecule has 2 aromatic heterocycles. The highest BCUT2D eigenvalue weighted by Gasteiger charge is 2.39. The fourth-order valence-electron chi connectivity index (χ4n) is 4.22. The summed E-state index contributed by atoms with van der Waals surface area (Å²) in [4.78, 5) is 19.4. The third-order valence-electron chi connectivity index (χ3n) is 5.66. The summed E-state index contributed by atoms with van der Waals surface area (Å²) < 4.78 is 5.87. The molecule has 1 aliphatic heterocycles. The van der Waals surface area contributed by atoms with Crippen molar-refractivity contribution in [1.29, 1.82) is 5.26 Å². The molecule has 3 heterocycles. The summed E-state index contributed by atoms with van der Waals surface area (Å²) in [6.45, 7) is 5.08. The van der Waals surface area contributed by atoms with Crippen LogP contribution < -0.4 is 4.74 Å². The molecular weight excluding hydrogens is 426 g/mol. The van der Waals surface area contributed by atoms with Gasteiger partial charge in [0.1, 0.15) is 17.4 Å². The van der Waals surface area contributed by atoms with Crippen LogP contribution >= 0.6 is 11.6 Å². The molecule has 1 fully saturated rings. The molecule has 0 radical (unpaired) electrons. The fraction of sp³-hybridized carbons (Fsp3) is 0.292. The number of ether oxygens (including phenoxy) is 1. The van der Waals surface area contributed by atoms with E-state index < -0.39 is 0 Å². The summed E-state index contributed by atoms with van der Waals surface area (Å²) in [6, 6.07) is 11.6. The zero-order valence-corrected chi connectivity index (χ0v) is 18.6. The number of hydrogen-bond acceptors (Lipinski definition) is 6. The molecule has 7 nitrogen and oxygen atoms in total. The number of benzene rings is 1. The monoisotopic (exact) mass is 447 g/mol. The number of carbonyl (C=O) groups is 1. The lowest BCUT2D eigenvalue weighted by Gasteiger charge is -2.21. The van der Waals surface area contributed by atoms with Crippen LogP contribution in [0, 0.1) is 18.3 Å². The number of nitrogens with zero attached hydrogens (tertiary/aromatic N) is 5. The Morgan fingerprint density at radius 3 is 2.66 bits per heavy atom. The number of nitriles is 1. The van der Waals surface area contributed by atoms with Crippen LogP contribution in [-0.4, -0.2) is 45.7 Å². The van der Waals surface area contributed by atoms with E-state index in [0.717, 1.165) is 11.1 Å². The van der Waals surface area contributed by atoms with Gasteiger partial charge in [-0.2, -0.15) is 15.5 Å². The van der Waals surface area contributed by atoms with Gasteiger partial charge in [0.25, 0.3) is 5.91 Å². The van der Waals surface area contributed by atoms with Gasteiger partial charge >= 0.3 is 0 Å². The van der Waals surface area contributed by atoms with Crippen LogP contribution in [0.15, 0.2) is 48.9 Å². The van der Waals surface area contributed by atoms with Gasteiger partial charge in [-0.3, -0.25) is 9.78 Å². The largest absolute Gasteiger partial charge is 0.492 e. The third kappa shape index (κ3) is 4.27. The standard InChI is InChI=1S/C24H22ClN5O2/c1-3-32-23-18(9-26)10-27-12-20(23)22-14-30(24(31)17-8-15(2)29-28-11-17)13-21(22)16-4-6-19(25)7-5-16/h4-8,10-12,21-22H,3,13-14H2,1-2H3. The molecule has 1 saturated heterocycles. The van der Waals surface area contributed by atoms with E-state index in [2.05, 4.69) is 21.3 Å². The smallest absolute Gasteiger partial charge is 0.255 e. The van der Waals surface area contributed by atoms with Crippen LogP contribution in [0.5, 0.6) is 5.75 Å². The molecule has 0 spiro atoms. The highest BCUT2D eigenvalue weighted by atomic mass is 35.5. The van der Waals surface area contributed by atoms with Crippen molar-refractivity contribution in [3.8, 4) is 11.8 Å². The molecule has 0 saturated carbocycles. The number of amides is 1. The predicted molar refractivity (Wildman–Crippen MR) is 120 cm³/mol. The van der Waals surface area contributed by atoms with Gasteiger partial charge in [-0.25, -0.2) is 0 Å². The van der Waals surface area contributed by atoms with E-state index in [4.69, 9.17) is 16.3 Å². The fourth-order valence-corrected chi connectivity index (χ4v) is 4.35. The maximum atomic E-state index is 13.3. The topological polar surface area (TPSA) is 92.0 Å². The summed E-state index contributed by atoms with van der Waals surface area (Å²) >= 11 is 6.11. The number of rotatable bonds is 5. The molecule has 0 bridgehead atoms. The maximum absolute atomic E-state index is 13.3. The first kappa shape index (κ1) is 21.7. The minimum absolute atomic E-state index is 0.0120. The third-order valence-corrected chi connectivity index (χ3v) is 5.91. The Bertz CT molecular complexity index is 1180. The number of aromatic nitrogens is 3. The van der Waals surface area contributed by atoms with Gasteiger partial charge in [-0.05, 0) is 37.6 Å². The van der Waals surface area contributed by atoms with E-state index in [9.17, 15) is 10.1 Å². The van der Waals surface area contributed by atoms with Crippen molar-refractivity contribution < 1.29 is 9.53 Å². The Hall–Kier alpha value is -3.50. The lowest BCUT2D eigenvalue weighted by atomic mass is 9.84. The zero-order valence-electron chi connectivity index (χ0n) is 17.8. The van der Waals surface area contributed by atoms with E-state index >= 15 is 0 Å². The van der Waals surface area contributed by atoms with Crippen LogP contribution in [0.25, 0.3) is 0 Å². The van der Waals surface area contributed by atoms with Crippen molar-refractivity contribution >= 4 is 17.5 Å². The first-order valence-electron chi connectivity index (χ1n) is 10.4. The van der Waals surface area contributed by atoms with E-state index in [-0.39, 0.29) is 17.7 Å². The van der Waals surface area contributed by atoms with Crippen LogP contribution in [0.4, 0.5) is 0 Å².